The molecule has 29 heavy (non-hydrogen) atoms. The van der Waals surface area contributed by atoms with Crippen LogP contribution in [0.5, 0.6) is 0 Å². The Morgan fingerprint density at radius 2 is 2.00 bits per heavy atom. The summed E-state index contributed by atoms with van der Waals surface area (Å²) in [5.74, 6) is -0.318. The molecule has 1 aliphatic heterocycles. The lowest BCUT2D eigenvalue weighted by molar-refractivity contribution is -0.121. The van der Waals surface area contributed by atoms with Gasteiger partial charge in [0.1, 0.15) is 5.60 Å². The lowest BCUT2D eigenvalue weighted by Gasteiger charge is -2.33. The van der Waals surface area contributed by atoms with E-state index in [1.54, 1.807) is 12.0 Å². The predicted octanol–water partition coefficient (Wildman–Crippen LogP) is 4.03. The molecular formula is C22H35N3O4. The minimum absolute atomic E-state index is 0.0659. The lowest BCUT2D eigenvalue weighted by Crippen LogP contribution is -2.45. The molecule has 1 fully saturated rings. The highest BCUT2D eigenvalue weighted by molar-refractivity contribution is 5.96. The van der Waals surface area contributed by atoms with Crippen molar-refractivity contribution in [1.29, 1.82) is 0 Å². The van der Waals surface area contributed by atoms with Gasteiger partial charge in [0, 0.05) is 33.4 Å². The SMILES string of the molecule is COCCCNc1ccc(C)cc1NC(=O)[C@@H]1CCCN(C(=O)OC(C)(C)C)C1. The van der Waals surface area contributed by atoms with E-state index in [0.29, 0.717) is 19.7 Å². The average molecular weight is 406 g/mol. The summed E-state index contributed by atoms with van der Waals surface area (Å²) in [6.07, 6.45) is 2.07. The highest BCUT2D eigenvalue weighted by Gasteiger charge is 2.31. The number of hydrogen-bond donors (Lipinski definition) is 2. The molecule has 0 bridgehead atoms. The van der Waals surface area contributed by atoms with Crippen molar-refractivity contribution < 1.29 is 19.1 Å². The number of carbonyl (C=O) groups is 2. The van der Waals surface area contributed by atoms with Crippen molar-refractivity contribution in [3.8, 4) is 0 Å². The van der Waals surface area contributed by atoms with Crippen molar-refractivity contribution in [1.82, 2.24) is 4.90 Å². The second kappa shape index (κ2) is 10.5. The fourth-order valence-electron chi connectivity index (χ4n) is 3.27. The lowest BCUT2D eigenvalue weighted by atomic mass is 9.97. The van der Waals surface area contributed by atoms with Crippen molar-refractivity contribution >= 4 is 23.4 Å². The number of rotatable bonds is 7. The largest absolute Gasteiger partial charge is 0.444 e. The summed E-state index contributed by atoms with van der Waals surface area (Å²) in [6, 6.07) is 5.95. The van der Waals surface area contributed by atoms with Crippen molar-refractivity contribution in [2.45, 2.75) is 52.6 Å². The zero-order valence-corrected chi connectivity index (χ0v) is 18.3. The van der Waals surface area contributed by atoms with Gasteiger partial charge in [0.15, 0.2) is 0 Å². The van der Waals surface area contributed by atoms with E-state index in [4.69, 9.17) is 9.47 Å². The van der Waals surface area contributed by atoms with Gasteiger partial charge in [-0.05, 0) is 64.7 Å². The highest BCUT2D eigenvalue weighted by atomic mass is 16.6. The third kappa shape index (κ3) is 7.57. The molecule has 1 aromatic carbocycles. The molecule has 0 unspecified atom stereocenters. The van der Waals surface area contributed by atoms with Gasteiger partial charge < -0.3 is 25.0 Å². The molecule has 1 aliphatic rings. The molecule has 0 radical (unpaired) electrons. The molecule has 1 aromatic rings. The van der Waals surface area contributed by atoms with Crippen LogP contribution in [0, 0.1) is 12.8 Å². The molecule has 2 amide bonds. The number of carbonyl (C=O) groups excluding carboxylic acids is 2. The van der Waals surface area contributed by atoms with E-state index in [2.05, 4.69) is 10.6 Å². The maximum absolute atomic E-state index is 12.9. The molecule has 0 aliphatic carbocycles. The molecule has 1 saturated heterocycles. The van der Waals surface area contributed by atoms with Crippen molar-refractivity contribution in [3.05, 3.63) is 23.8 Å². The third-order valence-electron chi connectivity index (χ3n) is 4.72. The second-order valence-corrected chi connectivity index (χ2v) is 8.58. The number of nitrogens with zero attached hydrogens (tertiary/aromatic N) is 1. The maximum Gasteiger partial charge on any atom is 0.410 e. The number of hydrogen-bond acceptors (Lipinski definition) is 5. The van der Waals surface area contributed by atoms with Crippen LogP contribution >= 0.6 is 0 Å². The Morgan fingerprint density at radius 1 is 1.24 bits per heavy atom. The summed E-state index contributed by atoms with van der Waals surface area (Å²) in [6.45, 7) is 9.97. The molecule has 1 heterocycles. The molecule has 2 N–H and O–H groups in total. The predicted molar refractivity (Wildman–Crippen MR) is 115 cm³/mol. The number of ether oxygens (including phenoxy) is 2. The number of piperidine rings is 1. The summed E-state index contributed by atoms with van der Waals surface area (Å²) in [5.41, 5.74) is 2.18. The van der Waals surface area contributed by atoms with Crippen molar-refractivity contribution in [2.75, 3.05) is 44.0 Å². The topological polar surface area (TPSA) is 79.9 Å². The van der Waals surface area contributed by atoms with Gasteiger partial charge in [-0.3, -0.25) is 4.79 Å². The van der Waals surface area contributed by atoms with Gasteiger partial charge in [0.2, 0.25) is 5.91 Å². The van der Waals surface area contributed by atoms with Crippen LogP contribution in [0.3, 0.4) is 0 Å². The Balaban J connectivity index is 2.00. The first kappa shape index (κ1) is 23.0. The summed E-state index contributed by atoms with van der Waals surface area (Å²) in [4.78, 5) is 26.9. The van der Waals surface area contributed by atoms with Gasteiger partial charge in [-0.1, -0.05) is 6.07 Å². The summed E-state index contributed by atoms with van der Waals surface area (Å²) < 4.78 is 10.5. The highest BCUT2D eigenvalue weighted by Crippen LogP contribution is 2.26. The number of likely N-dealkylation sites (tertiary alicyclic amines) is 1. The van der Waals surface area contributed by atoms with Crippen molar-refractivity contribution in [2.24, 2.45) is 5.92 Å². The van der Waals surface area contributed by atoms with Gasteiger partial charge in [0.05, 0.1) is 17.3 Å². The molecule has 0 saturated carbocycles. The van der Waals surface area contributed by atoms with Crippen LogP contribution in [0.2, 0.25) is 0 Å². The standard InChI is InChI=1S/C22H35N3O4/c1-16-9-10-18(23-11-7-13-28-5)19(14-16)24-20(26)17-8-6-12-25(15-17)21(27)29-22(2,3)4/h9-10,14,17,23H,6-8,11-13,15H2,1-5H3,(H,24,26)/t17-/m1/s1. The molecule has 1 atom stereocenters. The second-order valence-electron chi connectivity index (χ2n) is 8.58. The molecule has 2 rings (SSSR count). The summed E-state index contributed by atoms with van der Waals surface area (Å²) in [5, 5.41) is 6.42. The molecule has 0 spiro atoms. The van der Waals surface area contributed by atoms with Gasteiger partial charge in [-0.15, -0.1) is 0 Å². The number of anilines is 2. The number of methoxy groups -OCH3 is 1. The van der Waals surface area contributed by atoms with E-state index >= 15 is 0 Å². The minimum Gasteiger partial charge on any atom is -0.444 e. The first-order chi connectivity index (χ1) is 13.7. The van der Waals surface area contributed by atoms with Crippen LogP contribution < -0.4 is 10.6 Å². The van der Waals surface area contributed by atoms with Crippen LogP contribution in [0.4, 0.5) is 16.2 Å². The first-order valence-electron chi connectivity index (χ1n) is 10.3. The van der Waals surface area contributed by atoms with E-state index in [0.717, 1.165) is 42.7 Å². The summed E-state index contributed by atoms with van der Waals surface area (Å²) in [7, 11) is 1.68. The van der Waals surface area contributed by atoms with Gasteiger partial charge in [-0.25, -0.2) is 4.79 Å². The smallest absolute Gasteiger partial charge is 0.410 e. The Bertz CT molecular complexity index is 700. The van der Waals surface area contributed by atoms with E-state index in [1.807, 2.05) is 45.9 Å². The Kier molecular flexibility index (Phi) is 8.32. The van der Waals surface area contributed by atoms with Crippen LogP contribution in [0.25, 0.3) is 0 Å². The Hall–Kier alpha value is -2.28. The maximum atomic E-state index is 12.9. The zero-order valence-electron chi connectivity index (χ0n) is 18.3. The van der Waals surface area contributed by atoms with Crippen LogP contribution in [-0.4, -0.2) is 55.9 Å². The van der Waals surface area contributed by atoms with Crippen LogP contribution in [0.1, 0.15) is 45.6 Å². The molecule has 0 aromatic heterocycles. The van der Waals surface area contributed by atoms with Gasteiger partial charge in [0.25, 0.3) is 0 Å². The average Bonchev–Trinajstić information content (AvgIpc) is 2.65. The molecular weight excluding hydrogens is 370 g/mol. The van der Waals surface area contributed by atoms with E-state index < -0.39 is 5.60 Å². The van der Waals surface area contributed by atoms with Crippen LogP contribution in [0.15, 0.2) is 18.2 Å². The Labute approximate surface area is 174 Å². The Morgan fingerprint density at radius 3 is 2.69 bits per heavy atom. The van der Waals surface area contributed by atoms with Gasteiger partial charge in [-0.2, -0.15) is 0 Å². The first-order valence-corrected chi connectivity index (χ1v) is 10.3. The fraction of sp³-hybridized carbons (Fsp3) is 0.636. The van der Waals surface area contributed by atoms with E-state index in [9.17, 15) is 9.59 Å². The normalized spacial score (nSPS) is 17.0. The molecule has 7 nitrogen and oxygen atoms in total. The van der Waals surface area contributed by atoms with Crippen molar-refractivity contribution in [3.63, 3.8) is 0 Å². The monoisotopic (exact) mass is 405 g/mol. The number of amides is 2. The number of aryl methyl sites for hydroxylation is 1. The van der Waals surface area contributed by atoms with Gasteiger partial charge >= 0.3 is 6.09 Å². The third-order valence-corrected chi connectivity index (χ3v) is 4.72. The van der Waals surface area contributed by atoms with E-state index in [-0.39, 0.29) is 17.9 Å². The molecule has 162 valence electrons. The summed E-state index contributed by atoms with van der Waals surface area (Å²) >= 11 is 0. The minimum atomic E-state index is -0.544. The molecule has 7 heteroatoms. The quantitative estimate of drug-likeness (QED) is 0.670. The van der Waals surface area contributed by atoms with E-state index in [1.165, 1.54) is 0 Å². The zero-order chi connectivity index (χ0) is 21.4. The fourth-order valence-corrected chi connectivity index (χ4v) is 3.27. The number of benzene rings is 1. The van der Waals surface area contributed by atoms with Crippen LogP contribution in [-0.2, 0) is 14.3 Å². The number of nitrogens with one attached hydrogen (secondary N) is 2.